The van der Waals surface area contributed by atoms with E-state index in [1.54, 1.807) is 7.11 Å². The second-order valence-corrected chi connectivity index (χ2v) is 4.08. The third-order valence-corrected chi connectivity index (χ3v) is 2.55. The first kappa shape index (κ1) is 16.9. The number of ether oxygens (including phenoxy) is 2. The molecule has 1 aromatic carbocycles. The van der Waals surface area contributed by atoms with Crippen LogP contribution in [0.2, 0.25) is 0 Å². The van der Waals surface area contributed by atoms with Crippen molar-refractivity contribution >= 4 is 0 Å². The average Bonchev–Trinajstić information content (AvgIpc) is 2.38. The van der Waals surface area contributed by atoms with Crippen molar-refractivity contribution in [1.82, 2.24) is 5.32 Å². The molecule has 0 aromatic heterocycles. The fourth-order valence-corrected chi connectivity index (χ4v) is 1.58. The lowest BCUT2D eigenvalue weighted by Gasteiger charge is -2.13. The lowest BCUT2D eigenvalue weighted by Crippen LogP contribution is -2.22. The Labute approximate surface area is 114 Å². The molecule has 0 amide bonds. The van der Waals surface area contributed by atoms with Crippen LogP contribution in [-0.2, 0) is 22.2 Å². The summed E-state index contributed by atoms with van der Waals surface area (Å²) in [6.45, 7) is 1.67. The van der Waals surface area contributed by atoms with Crippen molar-refractivity contribution in [2.45, 2.75) is 12.7 Å². The van der Waals surface area contributed by atoms with Gasteiger partial charge < -0.3 is 14.8 Å². The normalized spacial score (nSPS) is 11.8. The maximum atomic E-state index is 12.9. The van der Waals surface area contributed by atoms with Crippen LogP contribution in [0.1, 0.15) is 11.1 Å². The Kier molecular flexibility index (Phi) is 6.90. The Morgan fingerprint density at radius 1 is 1.15 bits per heavy atom. The summed E-state index contributed by atoms with van der Waals surface area (Å²) in [5.41, 5.74) is -0.943. The minimum atomic E-state index is -4.56. The molecule has 1 rings (SSSR count). The third-order valence-electron chi connectivity index (χ3n) is 2.55. The van der Waals surface area contributed by atoms with E-state index in [0.717, 1.165) is 12.1 Å². The molecule has 0 aliphatic carbocycles. The van der Waals surface area contributed by atoms with Crippen molar-refractivity contribution in [3.63, 3.8) is 0 Å². The van der Waals surface area contributed by atoms with Gasteiger partial charge in [0.2, 0.25) is 0 Å². The molecule has 0 saturated carbocycles. The van der Waals surface area contributed by atoms with Gasteiger partial charge in [-0.15, -0.1) is 0 Å². The maximum absolute atomic E-state index is 12.9. The van der Waals surface area contributed by atoms with Gasteiger partial charge in [-0.3, -0.25) is 0 Å². The Hall–Kier alpha value is -1.18. The molecule has 114 valence electrons. The number of hydrogen-bond acceptors (Lipinski definition) is 3. The summed E-state index contributed by atoms with van der Waals surface area (Å²) in [4.78, 5) is 0. The molecular formula is C13H17F4NO2. The van der Waals surface area contributed by atoms with Gasteiger partial charge in [0.1, 0.15) is 5.82 Å². The number of halogens is 4. The third kappa shape index (κ3) is 5.85. The summed E-state index contributed by atoms with van der Waals surface area (Å²) >= 11 is 0. The highest BCUT2D eigenvalue weighted by Crippen LogP contribution is 2.32. The molecule has 0 heterocycles. The second-order valence-electron chi connectivity index (χ2n) is 4.08. The van der Waals surface area contributed by atoms with Gasteiger partial charge in [0.05, 0.1) is 25.4 Å². The molecule has 0 atom stereocenters. The van der Waals surface area contributed by atoms with Gasteiger partial charge in [0.25, 0.3) is 0 Å². The maximum Gasteiger partial charge on any atom is 0.416 e. The molecule has 0 fully saturated rings. The Bertz CT molecular complexity index is 410. The van der Waals surface area contributed by atoms with Crippen LogP contribution in [-0.4, -0.2) is 33.5 Å². The molecular weight excluding hydrogens is 278 g/mol. The van der Waals surface area contributed by atoms with E-state index >= 15 is 0 Å². The molecule has 7 heteroatoms. The van der Waals surface area contributed by atoms with Gasteiger partial charge in [0, 0.05) is 20.2 Å². The van der Waals surface area contributed by atoms with Crippen LogP contribution in [0.5, 0.6) is 0 Å². The number of nitrogens with one attached hydrogen (secondary N) is 1. The highest BCUT2D eigenvalue weighted by molar-refractivity contribution is 5.30. The van der Waals surface area contributed by atoms with Crippen LogP contribution in [0.4, 0.5) is 17.6 Å². The van der Waals surface area contributed by atoms with Crippen LogP contribution in [0.15, 0.2) is 18.2 Å². The predicted octanol–water partition coefficient (Wildman–Crippen LogP) is 2.60. The molecule has 0 aliphatic rings. The highest BCUT2D eigenvalue weighted by Gasteiger charge is 2.33. The van der Waals surface area contributed by atoms with Crippen LogP contribution in [0.3, 0.4) is 0 Å². The van der Waals surface area contributed by atoms with E-state index in [0.29, 0.717) is 32.4 Å². The molecule has 1 aromatic rings. The van der Waals surface area contributed by atoms with Gasteiger partial charge in [-0.1, -0.05) is 6.07 Å². The van der Waals surface area contributed by atoms with E-state index in [1.807, 2.05) is 0 Å². The minimum absolute atomic E-state index is 0.00274. The van der Waals surface area contributed by atoms with Crippen LogP contribution < -0.4 is 5.32 Å². The summed E-state index contributed by atoms with van der Waals surface area (Å²) < 4.78 is 61.0. The van der Waals surface area contributed by atoms with E-state index in [4.69, 9.17) is 9.47 Å². The van der Waals surface area contributed by atoms with Crippen molar-refractivity contribution in [2.75, 3.05) is 33.5 Å². The topological polar surface area (TPSA) is 30.5 Å². The highest BCUT2D eigenvalue weighted by atomic mass is 19.4. The van der Waals surface area contributed by atoms with E-state index < -0.39 is 17.6 Å². The zero-order valence-electron chi connectivity index (χ0n) is 11.1. The van der Waals surface area contributed by atoms with Gasteiger partial charge in [-0.25, -0.2) is 4.39 Å². The first-order chi connectivity index (χ1) is 9.45. The monoisotopic (exact) mass is 295 g/mol. The van der Waals surface area contributed by atoms with E-state index in [2.05, 4.69) is 5.32 Å². The summed E-state index contributed by atoms with van der Waals surface area (Å²) in [6.07, 6.45) is -4.56. The zero-order chi connectivity index (χ0) is 15.0. The van der Waals surface area contributed by atoms with Crippen molar-refractivity contribution < 1.29 is 27.0 Å². The fourth-order valence-electron chi connectivity index (χ4n) is 1.58. The number of benzene rings is 1. The molecule has 0 spiro atoms. The molecule has 0 bridgehead atoms. The van der Waals surface area contributed by atoms with Crippen LogP contribution in [0.25, 0.3) is 0 Å². The number of alkyl halides is 3. The molecule has 0 unspecified atom stereocenters. The number of rotatable bonds is 8. The molecule has 20 heavy (non-hydrogen) atoms. The molecule has 0 radical (unpaired) electrons. The fraction of sp³-hybridized carbons (Fsp3) is 0.538. The SMILES string of the molecule is COCCOCCNCc1ccc(F)cc1C(F)(F)F. The second kappa shape index (κ2) is 8.18. The first-order valence-electron chi connectivity index (χ1n) is 6.08. The lowest BCUT2D eigenvalue weighted by molar-refractivity contribution is -0.138. The molecule has 0 aliphatic heterocycles. The minimum Gasteiger partial charge on any atom is -0.382 e. The summed E-state index contributed by atoms with van der Waals surface area (Å²) in [7, 11) is 1.55. The average molecular weight is 295 g/mol. The summed E-state index contributed by atoms with van der Waals surface area (Å²) in [5.74, 6) is -0.899. The smallest absolute Gasteiger partial charge is 0.382 e. The van der Waals surface area contributed by atoms with Crippen LogP contribution >= 0.6 is 0 Å². The quantitative estimate of drug-likeness (QED) is 0.591. The van der Waals surface area contributed by atoms with Crippen molar-refractivity contribution in [3.8, 4) is 0 Å². The standard InChI is InChI=1S/C13H17F4NO2/c1-19-6-7-20-5-4-18-9-10-2-3-11(14)8-12(10)13(15,16)17/h2-3,8,18H,4-7,9H2,1H3. The number of hydrogen-bond donors (Lipinski definition) is 1. The summed E-state index contributed by atoms with van der Waals surface area (Å²) in [5, 5.41) is 2.82. The van der Waals surface area contributed by atoms with Crippen LogP contribution in [0, 0.1) is 5.82 Å². The predicted molar refractivity (Wildman–Crippen MR) is 65.8 cm³/mol. The number of methoxy groups -OCH3 is 1. The van der Waals surface area contributed by atoms with E-state index in [-0.39, 0.29) is 12.1 Å². The molecule has 1 N–H and O–H groups in total. The van der Waals surface area contributed by atoms with Crippen molar-refractivity contribution in [2.24, 2.45) is 0 Å². The van der Waals surface area contributed by atoms with Gasteiger partial charge in [-0.2, -0.15) is 13.2 Å². The van der Waals surface area contributed by atoms with E-state index in [1.165, 1.54) is 0 Å². The lowest BCUT2D eigenvalue weighted by atomic mass is 10.1. The molecule has 3 nitrogen and oxygen atoms in total. The van der Waals surface area contributed by atoms with Gasteiger partial charge in [0.15, 0.2) is 0 Å². The van der Waals surface area contributed by atoms with Crippen molar-refractivity contribution in [3.05, 3.63) is 35.1 Å². The van der Waals surface area contributed by atoms with E-state index in [9.17, 15) is 17.6 Å². The Balaban J connectivity index is 2.44. The van der Waals surface area contributed by atoms with Gasteiger partial charge >= 0.3 is 6.18 Å². The van der Waals surface area contributed by atoms with Gasteiger partial charge in [-0.05, 0) is 17.7 Å². The zero-order valence-corrected chi connectivity index (χ0v) is 11.1. The summed E-state index contributed by atoms with van der Waals surface area (Å²) in [6, 6.07) is 2.66. The molecule has 0 saturated heterocycles. The largest absolute Gasteiger partial charge is 0.416 e. The Morgan fingerprint density at radius 3 is 2.55 bits per heavy atom. The first-order valence-corrected chi connectivity index (χ1v) is 6.08. The van der Waals surface area contributed by atoms with Crippen molar-refractivity contribution in [1.29, 1.82) is 0 Å². The Morgan fingerprint density at radius 2 is 1.90 bits per heavy atom.